The molecule has 0 saturated heterocycles. The maximum atomic E-state index is 13.5. The van der Waals surface area contributed by atoms with Crippen molar-refractivity contribution in [2.24, 2.45) is 0 Å². The summed E-state index contributed by atoms with van der Waals surface area (Å²) in [5, 5.41) is 10.00. The van der Waals surface area contributed by atoms with Crippen molar-refractivity contribution in [1.29, 1.82) is 0 Å². The number of benzene rings is 1. The molecule has 1 aromatic rings. The summed E-state index contributed by atoms with van der Waals surface area (Å²) in [5.41, 5.74) is 0.300. The van der Waals surface area contributed by atoms with E-state index in [0.29, 0.717) is 17.9 Å². The highest BCUT2D eigenvalue weighted by Crippen LogP contribution is 2.18. The summed E-state index contributed by atoms with van der Waals surface area (Å²) in [6.07, 6.45) is 0.779. The summed E-state index contributed by atoms with van der Waals surface area (Å²) in [4.78, 5) is 1.89. The fraction of sp³-hybridized carbons (Fsp3) is 0.538. The molecular weight excluding hydrogens is 253 g/mol. The summed E-state index contributed by atoms with van der Waals surface area (Å²) in [5.74, 6) is 0.144. The second-order valence-corrected chi connectivity index (χ2v) is 6.05. The molecule has 1 rings (SSSR count). The third kappa shape index (κ3) is 4.48. The van der Waals surface area contributed by atoms with Gasteiger partial charge >= 0.3 is 0 Å². The first-order valence-electron chi connectivity index (χ1n) is 5.84. The molecule has 0 saturated carbocycles. The van der Waals surface area contributed by atoms with Gasteiger partial charge in [0.15, 0.2) is 0 Å². The van der Waals surface area contributed by atoms with Gasteiger partial charge in [-0.1, -0.05) is 18.2 Å². The monoisotopic (exact) mass is 273 g/mol. The number of rotatable bonds is 6. The third-order valence-corrected chi connectivity index (χ3v) is 3.91. The molecular formula is C13H20FNO2S. The molecule has 1 N–H and O–H groups in total. The highest BCUT2D eigenvalue weighted by Gasteiger charge is 2.18. The number of hydrogen-bond donors (Lipinski definition) is 1. The van der Waals surface area contributed by atoms with Crippen LogP contribution >= 0.6 is 0 Å². The molecule has 102 valence electrons. The molecule has 0 amide bonds. The standard InChI is InChI=1S/C13H20FNO2S/c1-10(9-18(3)17)15(2)8-13(16)11-6-4-5-7-12(11)14/h4-7,10,13,16H,8-9H2,1-3H3/t10-,13-,18+/m1/s1. The third-order valence-electron chi connectivity index (χ3n) is 2.95. The van der Waals surface area contributed by atoms with Crippen molar-refractivity contribution in [3.63, 3.8) is 0 Å². The minimum absolute atomic E-state index is 0.0808. The topological polar surface area (TPSA) is 40.5 Å². The van der Waals surface area contributed by atoms with Crippen molar-refractivity contribution < 1.29 is 13.7 Å². The summed E-state index contributed by atoms with van der Waals surface area (Å²) in [6, 6.07) is 6.29. The van der Waals surface area contributed by atoms with E-state index in [2.05, 4.69) is 0 Å². The van der Waals surface area contributed by atoms with Crippen LogP contribution in [0.3, 0.4) is 0 Å². The van der Waals surface area contributed by atoms with Crippen LogP contribution in [0.5, 0.6) is 0 Å². The van der Waals surface area contributed by atoms with E-state index >= 15 is 0 Å². The van der Waals surface area contributed by atoms with Crippen LogP contribution in [-0.2, 0) is 10.8 Å². The van der Waals surface area contributed by atoms with E-state index in [1.54, 1.807) is 24.5 Å². The lowest BCUT2D eigenvalue weighted by atomic mass is 10.1. The number of aliphatic hydroxyl groups excluding tert-OH is 1. The van der Waals surface area contributed by atoms with Crippen LogP contribution in [0.1, 0.15) is 18.6 Å². The van der Waals surface area contributed by atoms with Gasteiger partial charge in [0.2, 0.25) is 0 Å². The molecule has 0 aliphatic heterocycles. The molecule has 0 aliphatic rings. The van der Waals surface area contributed by atoms with Crippen LogP contribution in [0, 0.1) is 5.82 Å². The SMILES string of the molecule is C[C@H](C[S@](C)=O)N(C)C[C@@H](O)c1ccccc1F. The van der Waals surface area contributed by atoms with Crippen molar-refractivity contribution >= 4 is 10.8 Å². The average Bonchev–Trinajstić information content (AvgIpc) is 2.28. The lowest BCUT2D eigenvalue weighted by Crippen LogP contribution is -2.36. The summed E-state index contributed by atoms with van der Waals surface area (Å²) < 4.78 is 24.6. The van der Waals surface area contributed by atoms with Crippen molar-refractivity contribution in [3.8, 4) is 0 Å². The molecule has 0 unspecified atom stereocenters. The minimum atomic E-state index is -0.877. The van der Waals surface area contributed by atoms with Gasteiger partial charge in [-0.15, -0.1) is 0 Å². The molecule has 0 radical (unpaired) electrons. The van der Waals surface area contributed by atoms with Crippen LogP contribution < -0.4 is 0 Å². The van der Waals surface area contributed by atoms with Gasteiger partial charge in [-0.05, 0) is 20.0 Å². The van der Waals surface area contributed by atoms with E-state index in [4.69, 9.17) is 0 Å². The number of hydrogen-bond acceptors (Lipinski definition) is 3. The highest BCUT2D eigenvalue weighted by molar-refractivity contribution is 7.84. The van der Waals surface area contributed by atoms with Crippen LogP contribution in [0.25, 0.3) is 0 Å². The molecule has 0 fully saturated rings. The largest absolute Gasteiger partial charge is 0.387 e. The van der Waals surface area contributed by atoms with Crippen molar-refractivity contribution in [3.05, 3.63) is 35.6 Å². The first kappa shape index (κ1) is 15.3. The molecule has 3 atom stereocenters. The Bertz CT molecular complexity index is 414. The lowest BCUT2D eigenvalue weighted by molar-refractivity contribution is 0.110. The number of halogens is 1. The quantitative estimate of drug-likeness (QED) is 0.855. The average molecular weight is 273 g/mol. The van der Waals surface area contributed by atoms with Gasteiger partial charge in [0.05, 0.1) is 6.10 Å². The van der Waals surface area contributed by atoms with Gasteiger partial charge in [-0.3, -0.25) is 9.11 Å². The molecule has 3 nitrogen and oxygen atoms in total. The highest BCUT2D eigenvalue weighted by atomic mass is 32.2. The molecule has 0 aromatic heterocycles. The van der Waals surface area contributed by atoms with E-state index in [9.17, 15) is 13.7 Å². The Morgan fingerprint density at radius 2 is 2.06 bits per heavy atom. The number of likely N-dealkylation sites (N-methyl/N-ethyl adjacent to an activating group) is 1. The first-order chi connectivity index (χ1) is 8.41. The smallest absolute Gasteiger partial charge is 0.129 e. The van der Waals surface area contributed by atoms with Gasteiger partial charge in [0, 0.05) is 41.0 Å². The van der Waals surface area contributed by atoms with Crippen LogP contribution in [0.4, 0.5) is 4.39 Å². The maximum Gasteiger partial charge on any atom is 0.129 e. The Balaban J connectivity index is 2.62. The normalized spacial score (nSPS) is 16.6. The fourth-order valence-electron chi connectivity index (χ4n) is 1.76. The Kier molecular flexibility index (Phi) is 5.91. The summed E-state index contributed by atoms with van der Waals surface area (Å²) in [6.45, 7) is 2.26. The van der Waals surface area contributed by atoms with Gasteiger partial charge in [0.25, 0.3) is 0 Å². The Morgan fingerprint density at radius 1 is 1.44 bits per heavy atom. The lowest BCUT2D eigenvalue weighted by Gasteiger charge is -2.26. The Hall–Kier alpha value is -0.780. The van der Waals surface area contributed by atoms with Gasteiger partial charge in [-0.25, -0.2) is 4.39 Å². The van der Waals surface area contributed by atoms with Gasteiger partial charge in [-0.2, -0.15) is 0 Å². The Labute approximate surface area is 110 Å². The predicted octanol–water partition coefficient (Wildman–Crippen LogP) is 1.56. The van der Waals surface area contributed by atoms with E-state index in [1.807, 2.05) is 18.9 Å². The van der Waals surface area contributed by atoms with Gasteiger partial charge in [0.1, 0.15) is 5.82 Å². The van der Waals surface area contributed by atoms with Crippen LogP contribution in [0.15, 0.2) is 24.3 Å². The predicted molar refractivity (Wildman–Crippen MR) is 72.4 cm³/mol. The molecule has 18 heavy (non-hydrogen) atoms. The Morgan fingerprint density at radius 3 is 2.61 bits per heavy atom. The first-order valence-corrected chi connectivity index (χ1v) is 7.57. The molecule has 0 bridgehead atoms. The number of nitrogens with zero attached hydrogens (tertiary/aromatic N) is 1. The van der Waals surface area contributed by atoms with E-state index in [-0.39, 0.29) is 6.04 Å². The zero-order valence-electron chi connectivity index (χ0n) is 11.0. The van der Waals surface area contributed by atoms with Crippen LogP contribution in [0.2, 0.25) is 0 Å². The second kappa shape index (κ2) is 6.97. The van der Waals surface area contributed by atoms with E-state index in [1.165, 1.54) is 6.07 Å². The van der Waals surface area contributed by atoms with Gasteiger partial charge < -0.3 is 5.11 Å². The molecule has 0 aliphatic carbocycles. The second-order valence-electron chi connectivity index (χ2n) is 4.57. The summed E-state index contributed by atoms with van der Waals surface area (Å²) >= 11 is 0. The minimum Gasteiger partial charge on any atom is -0.387 e. The van der Waals surface area contributed by atoms with Crippen molar-refractivity contribution in [2.75, 3.05) is 25.6 Å². The molecule has 5 heteroatoms. The molecule has 0 spiro atoms. The fourth-order valence-corrected chi connectivity index (χ4v) is 2.70. The number of aliphatic hydroxyl groups is 1. The zero-order chi connectivity index (χ0) is 13.7. The van der Waals surface area contributed by atoms with E-state index in [0.717, 1.165) is 0 Å². The van der Waals surface area contributed by atoms with E-state index < -0.39 is 22.7 Å². The van der Waals surface area contributed by atoms with Crippen molar-refractivity contribution in [1.82, 2.24) is 4.90 Å². The van der Waals surface area contributed by atoms with Crippen LogP contribution in [-0.4, -0.2) is 45.9 Å². The molecule has 0 heterocycles. The maximum absolute atomic E-state index is 13.5. The zero-order valence-corrected chi connectivity index (χ0v) is 11.8. The summed E-state index contributed by atoms with van der Waals surface area (Å²) in [7, 11) is 0.958. The van der Waals surface area contributed by atoms with Crippen molar-refractivity contribution in [2.45, 2.75) is 19.1 Å². The molecule has 1 aromatic carbocycles.